The molecule has 0 fully saturated rings. The van der Waals surface area contributed by atoms with E-state index in [-0.39, 0.29) is 5.56 Å². The van der Waals surface area contributed by atoms with Gasteiger partial charge in [-0.05, 0) is 37.3 Å². The Labute approximate surface area is 194 Å². The van der Waals surface area contributed by atoms with Crippen molar-refractivity contribution in [2.75, 3.05) is 24.9 Å². The fraction of sp³-hybridized carbons (Fsp3) is 0.409. The zero-order valence-electron chi connectivity index (χ0n) is 18.4. The van der Waals surface area contributed by atoms with Gasteiger partial charge in [0.15, 0.2) is 0 Å². The van der Waals surface area contributed by atoms with Crippen LogP contribution in [0.2, 0.25) is 5.02 Å². The summed E-state index contributed by atoms with van der Waals surface area (Å²) in [6, 6.07) is 2.68. The van der Waals surface area contributed by atoms with Gasteiger partial charge in [0.05, 0.1) is 30.3 Å². The van der Waals surface area contributed by atoms with Gasteiger partial charge in [-0.25, -0.2) is 9.78 Å². The molecule has 1 aliphatic rings. The summed E-state index contributed by atoms with van der Waals surface area (Å²) in [6.07, 6.45) is 2.76. The van der Waals surface area contributed by atoms with Crippen LogP contribution in [0.25, 0.3) is 10.2 Å². The van der Waals surface area contributed by atoms with E-state index >= 15 is 0 Å². The molecule has 8 nitrogen and oxygen atoms in total. The van der Waals surface area contributed by atoms with Crippen molar-refractivity contribution in [3.05, 3.63) is 38.9 Å². The Hall–Kier alpha value is -2.78. The molecule has 10 heteroatoms. The molecule has 170 valence electrons. The summed E-state index contributed by atoms with van der Waals surface area (Å²) in [5.41, 5.74) is 1.07. The van der Waals surface area contributed by atoms with Crippen molar-refractivity contribution < 1.29 is 14.3 Å². The van der Waals surface area contributed by atoms with Crippen molar-refractivity contribution in [2.45, 2.75) is 39.7 Å². The molecule has 3 aromatic rings. The number of aryl methyl sites for hydroxylation is 2. The number of hydrogen-bond donors (Lipinski definition) is 2. The number of carbonyl (C=O) groups is 1. The second-order valence-electron chi connectivity index (χ2n) is 7.92. The molecule has 2 amide bonds. The normalized spacial score (nSPS) is 15.7. The zero-order chi connectivity index (χ0) is 23.0. The summed E-state index contributed by atoms with van der Waals surface area (Å²) in [5, 5.41) is 7.06. The molecular formula is C22H25ClN4O4S. The van der Waals surface area contributed by atoms with Gasteiger partial charge >= 0.3 is 6.03 Å². The van der Waals surface area contributed by atoms with Gasteiger partial charge in [0, 0.05) is 19.0 Å². The Kier molecular flexibility index (Phi) is 6.30. The zero-order valence-corrected chi connectivity index (χ0v) is 19.9. The first-order chi connectivity index (χ1) is 15.3. The number of hydrogen-bond acceptors (Lipinski definition) is 6. The third kappa shape index (κ3) is 4.14. The van der Waals surface area contributed by atoms with Crippen LogP contribution < -0.4 is 25.7 Å². The maximum atomic E-state index is 13.2. The highest BCUT2D eigenvalue weighted by Crippen LogP contribution is 2.37. The number of urea groups is 1. The van der Waals surface area contributed by atoms with Crippen LogP contribution >= 0.6 is 22.9 Å². The van der Waals surface area contributed by atoms with Crippen molar-refractivity contribution in [3.63, 3.8) is 0 Å². The van der Waals surface area contributed by atoms with E-state index in [1.54, 1.807) is 16.7 Å². The van der Waals surface area contributed by atoms with Gasteiger partial charge in [-0.3, -0.25) is 14.7 Å². The van der Waals surface area contributed by atoms with Crippen LogP contribution in [-0.4, -0.2) is 29.8 Å². The second-order valence-corrected chi connectivity index (χ2v) is 9.33. The van der Waals surface area contributed by atoms with E-state index in [9.17, 15) is 9.59 Å². The van der Waals surface area contributed by atoms with Crippen molar-refractivity contribution in [3.8, 4) is 11.5 Å². The number of methoxy groups -OCH3 is 2. The Balaban J connectivity index is 1.62. The topological polar surface area (TPSA) is 94.5 Å². The number of fused-ring (bicyclic) bond motifs is 2. The van der Waals surface area contributed by atoms with Crippen molar-refractivity contribution in [1.82, 2.24) is 9.55 Å². The van der Waals surface area contributed by atoms with E-state index in [0.29, 0.717) is 55.5 Å². The lowest BCUT2D eigenvalue weighted by molar-refractivity contribution is 0.262. The highest BCUT2D eigenvalue weighted by Gasteiger charge is 2.22. The predicted octanol–water partition coefficient (Wildman–Crippen LogP) is 5.05. The number of rotatable bonds is 4. The monoisotopic (exact) mass is 476 g/mol. The largest absolute Gasteiger partial charge is 0.495 e. The van der Waals surface area contributed by atoms with E-state index in [0.717, 1.165) is 25.1 Å². The fourth-order valence-corrected chi connectivity index (χ4v) is 5.21. The van der Waals surface area contributed by atoms with Gasteiger partial charge < -0.3 is 14.8 Å². The smallest absolute Gasteiger partial charge is 0.324 e. The first kappa shape index (κ1) is 22.4. The van der Waals surface area contributed by atoms with Crippen molar-refractivity contribution in [1.29, 1.82) is 0 Å². The summed E-state index contributed by atoms with van der Waals surface area (Å²) in [4.78, 5) is 31.3. The minimum Gasteiger partial charge on any atom is -0.495 e. The number of nitrogens with zero attached hydrogens (tertiary/aromatic N) is 2. The van der Waals surface area contributed by atoms with Gasteiger partial charge in [-0.1, -0.05) is 29.9 Å². The molecule has 1 aliphatic heterocycles. The van der Waals surface area contributed by atoms with Crippen LogP contribution in [0, 0.1) is 12.8 Å². The highest BCUT2D eigenvalue weighted by molar-refractivity contribution is 7.22. The summed E-state index contributed by atoms with van der Waals surface area (Å²) in [7, 11) is 2.99. The number of halogens is 1. The molecule has 0 spiro atoms. The summed E-state index contributed by atoms with van der Waals surface area (Å²) >= 11 is 7.49. The molecule has 4 rings (SSSR count). The van der Waals surface area contributed by atoms with E-state index in [2.05, 4.69) is 17.6 Å². The fourth-order valence-electron chi connectivity index (χ4n) is 3.88. The standard InChI is InChI=1S/C22H25ClN4O4S/c1-11-5-6-17-25-20-18(21(28)27(17)8-7-11)12(2)19(32-20)26-22(29)24-14-9-13(23)15(30-3)10-16(14)31-4/h9-11H,5-8H2,1-4H3,(H2,24,26,29)/t11-/m1/s1. The van der Waals surface area contributed by atoms with Gasteiger partial charge in [0.25, 0.3) is 5.56 Å². The van der Waals surface area contributed by atoms with Crippen LogP contribution in [0.4, 0.5) is 15.5 Å². The molecule has 0 aliphatic carbocycles. The third-order valence-electron chi connectivity index (χ3n) is 5.78. The molecule has 0 unspecified atom stereocenters. The maximum Gasteiger partial charge on any atom is 0.324 e. The quantitative estimate of drug-likeness (QED) is 0.549. The number of amides is 2. The number of aromatic nitrogens is 2. The Morgan fingerprint density at radius 1 is 1.22 bits per heavy atom. The molecule has 0 radical (unpaired) electrons. The first-order valence-electron chi connectivity index (χ1n) is 10.3. The number of thiophene rings is 1. The molecule has 2 N–H and O–H groups in total. The number of nitrogens with one attached hydrogen (secondary N) is 2. The van der Waals surface area contributed by atoms with Gasteiger partial charge in [0.1, 0.15) is 27.2 Å². The average molecular weight is 477 g/mol. The SMILES string of the molecule is COc1cc(OC)c(NC(=O)Nc2sc3nc4n(c(=O)c3c2C)CC[C@H](C)CC4)cc1Cl. The molecule has 1 atom stereocenters. The molecule has 3 heterocycles. The number of anilines is 2. The van der Waals surface area contributed by atoms with Crippen LogP contribution in [0.5, 0.6) is 11.5 Å². The van der Waals surface area contributed by atoms with E-state index < -0.39 is 6.03 Å². The van der Waals surface area contributed by atoms with Crippen LogP contribution in [0.15, 0.2) is 16.9 Å². The third-order valence-corrected chi connectivity index (χ3v) is 7.18. The van der Waals surface area contributed by atoms with E-state index in [4.69, 9.17) is 26.1 Å². The molecular weight excluding hydrogens is 452 g/mol. The molecule has 0 saturated carbocycles. The highest BCUT2D eigenvalue weighted by atomic mass is 35.5. The molecule has 0 saturated heterocycles. The number of carbonyl (C=O) groups excluding carboxylic acids is 1. The van der Waals surface area contributed by atoms with Gasteiger partial charge in [-0.15, -0.1) is 0 Å². The van der Waals surface area contributed by atoms with Gasteiger partial charge in [-0.2, -0.15) is 0 Å². The van der Waals surface area contributed by atoms with E-state index in [1.807, 2.05) is 6.92 Å². The van der Waals surface area contributed by atoms with Crippen LogP contribution in [0.1, 0.15) is 31.2 Å². The average Bonchev–Trinajstić information content (AvgIpc) is 2.93. The maximum absolute atomic E-state index is 13.2. The molecule has 32 heavy (non-hydrogen) atoms. The summed E-state index contributed by atoms with van der Waals surface area (Å²) < 4.78 is 12.3. The number of ether oxygens (including phenoxy) is 2. The number of benzene rings is 1. The van der Waals surface area contributed by atoms with E-state index in [1.165, 1.54) is 25.6 Å². The van der Waals surface area contributed by atoms with Gasteiger partial charge in [0.2, 0.25) is 0 Å². The van der Waals surface area contributed by atoms with Crippen LogP contribution in [-0.2, 0) is 13.0 Å². The Morgan fingerprint density at radius 3 is 2.69 bits per heavy atom. The van der Waals surface area contributed by atoms with Crippen molar-refractivity contribution >= 4 is 49.9 Å². The lowest BCUT2D eigenvalue weighted by Gasteiger charge is -2.13. The van der Waals surface area contributed by atoms with Crippen molar-refractivity contribution in [2.24, 2.45) is 5.92 Å². The summed E-state index contributed by atoms with van der Waals surface area (Å²) in [6.45, 7) is 4.71. The second kappa shape index (κ2) is 8.99. The Morgan fingerprint density at radius 2 is 1.97 bits per heavy atom. The predicted molar refractivity (Wildman–Crippen MR) is 128 cm³/mol. The molecule has 1 aromatic carbocycles. The Bertz CT molecular complexity index is 1250. The summed E-state index contributed by atoms with van der Waals surface area (Å²) in [5.74, 6) is 2.24. The first-order valence-corrected chi connectivity index (χ1v) is 11.5. The minimum absolute atomic E-state index is 0.0371. The molecule has 0 bridgehead atoms. The minimum atomic E-state index is -0.477. The lowest BCUT2D eigenvalue weighted by Crippen LogP contribution is -2.24. The van der Waals surface area contributed by atoms with Crippen LogP contribution in [0.3, 0.4) is 0 Å². The lowest BCUT2D eigenvalue weighted by atomic mass is 10.0. The molecule has 2 aromatic heterocycles.